The zero-order valence-corrected chi connectivity index (χ0v) is 30.1. The van der Waals surface area contributed by atoms with Gasteiger partial charge in [0.05, 0.1) is 5.69 Å². The van der Waals surface area contributed by atoms with Gasteiger partial charge in [-0.2, -0.15) is 0 Å². The van der Waals surface area contributed by atoms with Crippen LogP contribution in [0.4, 0.5) is 0 Å². The average Bonchev–Trinajstić information content (AvgIpc) is 3.75. The van der Waals surface area contributed by atoms with Crippen LogP contribution in [0.5, 0.6) is 0 Å². The fourth-order valence-corrected chi connectivity index (χ4v) is 8.97. The second kappa shape index (κ2) is 11.6. The Morgan fingerprint density at radius 2 is 1.15 bits per heavy atom. The van der Waals surface area contributed by atoms with Gasteiger partial charge < -0.3 is 0 Å². The number of hydrogen-bond donors (Lipinski definition) is 0. The Bertz CT molecular complexity index is 3080. The van der Waals surface area contributed by atoms with Gasteiger partial charge in [-0.05, 0) is 118 Å². The molecule has 254 valence electrons. The van der Waals surface area contributed by atoms with E-state index in [0.29, 0.717) is 5.78 Å². The van der Waals surface area contributed by atoms with Crippen LogP contribution in [0.1, 0.15) is 25.0 Å². The van der Waals surface area contributed by atoms with Crippen molar-refractivity contribution < 1.29 is 0 Å². The first kappa shape index (κ1) is 30.8. The lowest BCUT2D eigenvalue weighted by atomic mass is 9.79. The van der Waals surface area contributed by atoms with Crippen LogP contribution in [0.15, 0.2) is 176 Å². The van der Waals surface area contributed by atoms with Crippen molar-refractivity contribution in [2.75, 3.05) is 0 Å². The predicted molar refractivity (Wildman–Crippen MR) is 225 cm³/mol. The molecular formula is C51H35N3. The number of hydrogen-bond acceptors (Lipinski definition) is 2. The molecule has 0 N–H and O–H groups in total. The van der Waals surface area contributed by atoms with Crippen LogP contribution >= 0.6 is 0 Å². The quantitative estimate of drug-likeness (QED) is 0.172. The van der Waals surface area contributed by atoms with Crippen molar-refractivity contribution in [1.29, 1.82) is 0 Å². The minimum Gasteiger partial charge on any atom is -0.291 e. The predicted octanol–water partition coefficient (Wildman–Crippen LogP) is 13.2. The summed E-state index contributed by atoms with van der Waals surface area (Å²) in [5.41, 5.74) is 14.6. The van der Waals surface area contributed by atoms with Gasteiger partial charge in [-0.15, -0.1) is 0 Å². The van der Waals surface area contributed by atoms with Gasteiger partial charge in [0.1, 0.15) is 0 Å². The fraction of sp³-hybridized carbons (Fsp3) is 0.0588. The Morgan fingerprint density at radius 3 is 2.00 bits per heavy atom. The maximum atomic E-state index is 4.82. The highest BCUT2D eigenvalue weighted by molar-refractivity contribution is 6.23. The molecule has 0 radical (unpaired) electrons. The Balaban J connectivity index is 1.25. The molecule has 1 aliphatic rings. The molecule has 1 aliphatic carbocycles. The van der Waals surface area contributed by atoms with E-state index in [1.807, 2.05) is 16.7 Å². The van der Waals surface area contributed by atoms with E-state index in [1.54, 1.807) is 6.20 Å². The summed E-state index contributed by atoms with van der Waals surface area (Å²) in [4.78, 5) is 9.26. The minimum atomic E-state index is -0.131. The Hall–Kier alpha value is -6.84. The highest BCUT2D eigenvalue weighted by Crippen LogP contribution is 2.53. The van der Waals surface area contributed by atoms with E-state index in [4.69, 9.17) is 4.98 Å². The number of rotatable bonds is 4. The van der Waals surface area contributed by atoms with Crippen LogP contribution in [-0.2, 0) is 5.41 Å². The van der Waals surface area contributed by atoms with Gasteiger partial charge in [0.15, 0.2) is 0 Å². The van der Waals surface area contributed by atoms with E-state index in [1.165, 1.54) is 88.0 Å². The lowest BCUT2D eigenvalue weighted by Gasteiger charge is -2.24. The lowest BCUT2D eigenvalue weighted by Crippen LogP contribution is -2.14. The average molecular weight is 690 g/mol. The molecule has 3 nitrogen and oxygen atoms in total. The molecule has 0 saturated heterocycles. The molecule has 11 rings (SSSR count). The second-order valence-corrected chi connectivity index (χ2v) is 15.1. The molecule has 0 fully saturated rings. The summed E-state index contributed by atoms with van der Waals surface area (Å²) in [6.07, 6.45) is 5.83. The molecule has 0 unspecified atom stereocenters. The number of aromatic nitrogens is 3. The second-order valence-electron chi connectivity index (χ2n) is 15.1. The van der Waals surface area contributed by atoms with Crippen molar-refractivity contribution >= 4 is 38.1 Å². The standard InChI is InChI=1S/C51H35N3/c1-51(2)45-16-9-8-15-39(45)41-29-43-44(30-46(41)51)48(35-20-18-34(19-21-35)47-31-54-26-10-25-52-50(54)53-47)40-24-23-37(32-11-4-3-5-12-32)28-42(40)49(43)38-22-17-33-13-6-7-14-36(33)27-38/h3-31H,1-2H3. The lowest BCUT2D eigenvalue weighted by molar-refractivity contribution is 0.661. The normalized spacial score (nSPS) is 13.1. The number of benzene rings is 8. The summed E-state index contributed by atoms with van der Waals surface area (Å²) in [5.74, 6) is 0.699. The van der Waals surface area contributed by atoms with Gasteiger partial charge >= 0.3 is 0 Å². The first-order chi connectivity index (χ1) is 26.5. The zero-order valence-electron chi connectivity index (χ0n) is 30.1. The molecule has 2 heterocycles. The largest absolute Gasteiger partial charge is 0.291 e. The van der Waals surface area contributed by atoms with Crippen molar-refractivity contribution in [1.82, 2.24) is 14.4 Å². The van der Waals surface area contributed by atoms with Gasteiger partial charge in [-0.3, -0.25) is 4.40 Å². The fourth-order valence-electron chi connectivity index (χ4n) is 8.97. The molecular weight excluding hydrogens is 655 g/mol. The van der Waals surface area contributed by atoms with Gasteiger partial charge in [-0.1, -0.05) is 141 Å². The van der Waals surface area contributed by atoms with E-state index in [2.05, 4.69) is 177 Å². The summed E-state index contributed by atoms with van der Waals surface area (Å²) >= 11 is 0. The van der Waals surface area contributed by atoms with Gasteiger partial charge in [0.2, 0.25) is 5.78 Å². The number of fused-ring (bicyclic) bond motifs is 7. The van der Waals surface area contributed by atoms with Crippen LogP contribution in [0.3, 0.4) is 0 Å². The Labute approximate surface area is 313 Å². The van der Waals surface area contributed by atoms with Gasteiger partial charge in [0, 0.05) is 29.6 Å². The molecule has 8 aromatic carbocycles. The van der Waals surface area contributed by atoms with Gasteiger partial charge in [0.25, 0.3) is 0 Å². The third kappa shape index (κ3) is 4.61. The van der Waals surface area contributed by atoms with Crippen LogP contribution in [0, 0.1) is 0 Å². The first-order valence-corrected chi connectivity index (χ1v) is 18.6. The third-order valence-corrected chi connectivity index (χ3v) is 11.7. The van der Waals surface area contributed by atoms with Crippen molar-refractivity contribution in [2.45, 2.75) is 19.3 Å². The molecule has 54 heavy (non-hydrogen) atoms. The summed E-state index contributed by atoms with van der Waals surface area (Å²) in [7, 11) is 0. The topological polar surface area (TPSA) is 30.2 Å². The molecule has 0 amide bonds. The van der Waals surface area contributed by atoms with Crippen LogP contribution in [0.2, 0.25) is 0 Å². The van der Waals surface area contributed by atoms with E-state index >= 15 is 0 Å². The maximum Gasteiger partial charge on any atom is 0.234 e. The van der Waals surface area contributed by atoms with Crippen molar-refractivity contribution in [3.63, 3.8) is 0 Å². The Morgan fingerprint density at radius 1 is 0.463 bits per heavy atom. The summed E-state index contributed by atoms with van der Waals surface area (Å²) < 4.78 is 1.97. The van der Waals surface area contributed by atoms with Gasteiger partial charge in [-0.25, -0.2) is 9.97 Å². The Kier molecular flexibility index (Phi) is 6.60. The summed E-state index contributed by atoms with van der Waals surface area (Å²) in [6, 6.07) is 58.3. The van der Waals surface area contributed by atoms with Crippen LogP contribution in [-0.4, -0.2) is 14.4 Å². The third-order valence-electron chi connectivity index (χ3n) is 11.7. The van der Waals surface area contributed by atoms with Crippen molar-refractivity contribution in [2.24, 2.45) is 0 Å². The van der Waals surface area contributed by atoms with Crippen LogP contribution < -0.4 is 0 Å². The number of imidazole rings is 1. The highest BCUT2D eigenvalue weighted by Gasteiger charge is 2.36. The molecule has 0 spiro atoms. The van der Waals surface area contributed by atoms with E-state index in [-0.39, 0.29) is 5.41 Å². The molecule has 0 bridgehead atoms. The number of nitrogens with zero attached hydrogens (tertiary/aromatic N) is 3. The summed E-state index contributed by atoms with van der Waals surface area (Å²) in [5, 5.41) is 7.50. The zero-order chi connectivity index (χ0) is 36.0. The van der Waals surface area contributed by atoms with E-state index < -0.39 is 0 Å². The van der Waals surface area contributed by atoms with Crippen LogP contribution in [0.25, 0.3) is 93.9 Å². The first-order valence-electron chi connectivity index (χ1n) is 18.6. The molecule has 0 atom stereocenters. The minimum absolute atomic E-state index is 0.131. The summed E-state index contributed by atoms with van der Waals surface area (Å²) in [6.45, 7) is 4.75. The SMILES string of the molecule is CC1(C)c2ccccc2-c2cc3c(-c4ccc5ccccc5c4)c4cc(-c5ccccc5)ccc4c(-c4ccc(-c5cn6cccnc6n5)cc4)c3cc21. The van der Waals surface area contributed by atoms with Crippen molar-refractivity contribution in [3.8, 4) is 55.8 Å². The molecule has 0 aliphatic heterocycles. The van der Waals surface area contributed by atoms with E-state index in [0.717, 1.165) is 11.3 Å². The maximum absolute atomic E-state index is 4.82. The molecule has 3 heteroatoms. The molecule has 2 aromatic heterocycles. The molecule has 0 saturated carbocycles. The smallest absolute Gasteiger partial charge is 0.234 e. The van der Waals surface area contributed by atoms with Crippen molar-refractivity contribution in [3.05, 3.63) is 187 Å². The van der Waals surface area contributed by atoms with E-state index in [9.17, 15) is 0 Å². The molecule has 10 aromatic rings. The monoisotopic (exact) mass is 689 g/mol. The highest BCUT2D eigenvalue weighted by atomic mass is 15.1.